The lowest BCUT2D eigenvalue weighted by molar-refractivity contribution is 0.101. The molecule has 6 nitrogen and oxygen atoms in total. The number of nitrogens with one attached hydrogen (secondary N) is 2. The van der Waals surface area contributed by atoms with Crippen LogP contribution in [0.1, 0.15) is 26.3 Å². The second-order valence-electron chi connectivity index (χ2n) is 6.82. The number of benzene rings is 3. The Morgan fingerprint density at radius 3 is 2.16 bits per heavy atom. The van der Waals surface area contributed by atoms with E-state index in [1.165, 1.54) is 0 Å². The number of carbonyl (C=O) groups is 2. The summed E-state index contributed by atoms with van der Waals surface area (Å²) < 4.78 is 2.71. The van der Waals surface area contributed by atoms with Gasteiger partial charge in [0, 0.05) is 27.4 Å². The monoisotopic (exact) mass is 474 g/mol. The fourth-order valence-electron chi connectivity index (χ4n) is 3.04. The van der Waals surface area contributed by atoms with Gasteiger partial charge < -0.3 is 10.6 Å². The summed E-state index contributed by atoms with van der Waals surface area (Å²) in [5.41, 5.74) is 2.72. The molecular weight excluding hydrogens is 456 g/mol. The van der Waals surface area contributed by atoms with Crippen molar-refractivity contribution in [3.8, 4) is 0 Å². The van der Waals surface area contributed by atoms with Gasteiger partial charge in [-0.2, -0.15) is 5.10 Å². The van der Waals surface area contributed by atoms with Crippen LogP contribution in [-0.4, -0.2) is 21.6 Å². The zero-order valence-electron chi connectivity index (χ0n) is 16.5. The molecule has 0 unspecified atom stereocenters. The van der Waals surface area contributed by atoms with Crippen LogP contribution in [-0.2, 0) is 6.54 Å². The van der Waals surface area contributed by atoms with Crippen LogP contribution in [0.15, 0.2) is 95.6 Å². The molecule has 0 saturated carbocycles. The molecular formula is C24H19BrN4O2. The Bertz CT molecular complexity index is 1200. The molecule has 31 heavy (non-hydrogen) atoms. The van der Waals surface area contributed by atoms with Crippen molar-refractivity contribution in [1.82, 2.24) is 9.78 Å². The minimum atomic E-state index is -0.255. The third-order valence-corrected chi connectivity index (χ3v) is 5.45. The molecule has 7 heteroatoms. The minimum Gasteiger partial charge on any atom is -0.322 e. The lowest BCUT2D eigenvalue weighted by atomic mass is 10.1. The van der Waals surface area contributed by atoms with Crippen LogP contribution in [0.5, 0.6) is 0 Å². The van der Waals surface area contributed by atoms with Gasteiger partial charge in [0.05, 0.1) is 12.7 Å². The molecule has 154 valence electrons. The summed E-state index contributed by atoms with van der Waals surface area (Å²) in [6.45, 7) is 0.522. The van der Waals surface area contributed by atoms with E-state index in [2.05, 4.69) is 31.7 Å². The Morgan fingerprint density at radius 1 is 0.774 bits per heavy atom. The molecule has 0 radical (unpaired) electrons. The number of carbonyl (C=O) groups excluding carboxylic acids is 2. The van der Waals surface area contributed by atoms with Crippen molar-refractivity contribution in [2.75, 3.05) is 10.6 Å². The molecule has 1 heterocycles. The second-order valence-corrected chi connectivity index (χ2v) is 7.67. The molecule has 0 aliphatic heterocycles. The van der Waals surface area contributed by atoms with Gasteiger partial charge in [-0.25, -0.2) is 4.68 Å². The van der Waals surface area contributed by atoms with Crippen LogP contribution in [0.4, 0.5) is 11.5 Å². The molecule has 0 aliphatic carbocycles. The van der Waals surface area contributed by atoms with E-state index in [0.29, 0.717) is 29.2 Å². The Labute approximate surface area is 188 Å². The van der Waals surface area contributed by atoms with Crippen LogP contribution < -0.4 is 10.6 Å². The molecule has 4 rings (SSSR count). The summed E-state index contributed by atoms with van der Waals surface area (Å²) in [5, 5.41) is 10.0. The van der Waals surface area contributed by atoms with Crippen LogP contribution in [0.25, 0.3) is 0 Å². The minimum absolute atomic E-state index is 0.200. The van der Waals surface area contributed by atoms with E-state index in [9.17, 15) is 9.59 Å². The Balaban J connectivity index is 1.41. The van der Waals surface area contributed by atoms with E-state index in [0.717, 1.165) is 10.0 Å². The van der Waals surface area contributed by atoms with Gasteiger partial charge in [0.2, 0.25) is 0 Å². The van der Waals surface area contributed by atoms with E-state index in [1.807, 2.05) is 42.5 Å². The molecule has 0 atom stereocenters. The number of hydrogen-bond acceptors (Lipinski definition) is 3. The average Bonchev–Trinajstić information content (AvgIpc) is 3.23. The molecule has 0 fully saturated rings. The molecule has 0 aliphatic rings. The van der Waals surface area contributed by atoms with Crippen molar-refractivity contribution >= 4 is 39.2 Å². The normalized spacial score (nSPS) is 10.5. The standard InChI is InChI=1S/C24H19BrN4O2/c25-21-9-5-4-8-19(21)16-29-22(14-15-26-29)28-24(31)18-10-12-20(13-11-18)27-23(30)17-6-2-1-3-7-17/h1-15H,16H2,(H,27,30)(H,28,31). The number of halogens is 1. The topological polar surface area (TPSA) is 76.0 Å². The van der Waals surface area contributed by atoms with Crippen LogP contribution in [0, 0.1) is 0 Å². The van der Waals surface area contributed by atoms with Crippen LogP contribution in [0.2, 0.25) is 0 Å². The maximum absolute atomic E-state index is 12.7. The summed E-state index contributed by atoms with van der Waals surface area (Å²) in [6.07, 6.45) is 1.65. The highest BCUT2D eigenvalue weighted by molar-refractivity contribution is 9.10. The number of hydrogen-bond donors (Lipinski definition) is 2. The Kier molecular flexibility index (Phi) is 6.24. The third kappa shape index (κ3) is 5.07. The maximum atomic E-state index is 12.7. The molecule has 0 bridgehead atoms. The van der Waals surface area contributed by atoms with Gasteiger partial charge in [-0.15, -0.1) is 0 Å². The van der Waals surface area contributed by atoms with Crippen molar-refractivity contribution in [3.63, 3.8) is 0 Å². The summed E-state index contributed by atoms with van der Waals surface area (Å²) in [6, 6.07) is 25.3. The lowest BCUT2D eigenvalue weighted by Crippen LogP contribution is -2.16. The first-order chi connectivity index (χ1) is 15.1. The maximum Gasteiger partial charge on any atom is 0.256 e. The van der Waals surface area contributed by atoms with Gasteiger partial charge in [-0.3, -0.25) is 9.59 Å². The summed E-state index contributed by atoms with van der Waals surface area (Å²) in [5.74, 6) is 0.144. The number of nitrogens with zero attached hydrogens (tertiary/aromatic N) is 2. The number of aromatic nitrogens is 2. The van der Waals surface area contributed by atoms with Crippen LogP contribution >= 0.6 is 15.9 Å². The largest absolute Gasteiger partial charge is 0.322 e. The summed E-state index contributed by atoms with van der Waals surface area (Å²) in [4.78, 5) is 24.9. The molecule has 0 saturated heterocycles. The fourth-order valence-corrected chi connectivity index (χ4v) is 3.45. The van der Waals surface area contributed by atoms with E-state index >= 15 is 0 Å². The SMILES string of the molecule is O=C(Nc1ccc(C(=O)Nc2ccnn2Cc2ccccc2Br)cc1)c1ccccc1. The molecule has 2 amide bonds. The van der Waals surface area contributed by atoms with Crippen LogP contribution in [0.3, 0.4) is 0 Å². The Hall–Kier alpha value is -3.71. The predicted molar refractivity (Wildman–Crippen MR) is 124 cm³/mol. The van der Waals surface area contributed by atoms with E-state index < -0.39 is 0 Å². The van der Waals surface area contributed by atoms with Crippen molar-refractivity contribution in [2.24, 2.45) is 0 Å². The molecule has 3 aromatic carbocycles. The highest BCUT2D eigenvalue weighted by Gasteiger charge is 2.12. The van der Waals surface area contributed by atoms with Crippen molar-refractivity contribution in [2.45, 2.75) is 6.54 Å². The highest BCUT2D eigenvalue weighted by atomic mass is 79.9. The van der Waals surface area contributed by atoms with Gasteiger partial charge >= 0.3 is 0 Å². The van der Waals surface area contributed by atoms with E-state index in [-0.39, 0.29) is 11.8 Å². The van der Waals surface area contributed by atoms with Gasteiger partial charge in [0.1, 0.15) is 5.82 Å². The molecule has 1 aromatic heterocycles. The van der Waals surface area contributed by atoms with E-state index in [1.54, 1.807) is 53.3 Å². The number of anilines is 2. The highest BCUT2D eigenvalue weighted by Crippen LogP contribution is 2.19. The zero-order valence-corrected chi connectivity index (χ0v) is 18.0. The Morgan fingerprint density at radius 2 is 1.42 bits per heavy atom. The zero-order chi connectivity index (χ0) is 21.6. The van der Waals surface area contributed by atoms with E-state index in [4.69, 9.17) is 0 Å². The van der Waals surface area contributed by atoms with Gasteiger partial charge in [0.15, 0.2) is 0 Å². The quantitative estimate of drug-likeness (QED) is 0.403. The smallest absolute Gasteiger partial charge is 0.256 e. The lowest BCUT2D eigenvalue weighted by Gasteiger charge is -2.11. The van der Waals surface area contributed by atoms with Crippen molar-refractivity contribution in [1.29, 1.82) is 0 Å². The first-order valence-corrected chi connectivity index (χ1v) is 10.4. The molecule has 0 spiro atoms. The van der Waals surface area contributed by atoms with Crippen molar-refractivity contribution in [3.05, 3.63) is 112 Å². The van der Waals surface area contributed by atoms with Gasteiger partial charge in [-0.1, -0.05) is 52.3 Å². The second kappa shape index (κ2) is 9.40. The first kappa shape index (κ1) is 20.6. The number of amides is 2. The van der Waals surface area contributed by atoms with Gasteiger partial charge in [0.25, 0.3) is 11.8 Å². The summed E-state index contributed by atoms with van der Waals surface area (Å²) >= 11 is 3.53. The predicted octanol–water partition coefficient (Wildman–Crippen LogP) is 5.20. The average molecular weight is 475 g/mol. The van der Waals surface area contributed by atoms with Gasteiger partial charge in [-0.05, 0) is 48.0 Å². The van der Waals surface area contributed by atoms with Crippen molar-refractivity contribution < 1.29 is 9.59 Å². The first-order valence-electron chi connectivity index (χ1n) is 9.63. The third-order valence-electron chi connectivity index (χ3n) is 4.68. The summed E-state index contributed by atoms with van der Waals surface area (Å²) in [7, 11) is 0. The number of rotatable bonds is 6. The molecule has 4 aromatic rings. The fraction of sp³-hybridized carbons (Fsp3) is 0.0417. The molecule has 2 N–H and O–H groups in total.